The summed E-state index contributed by atoms with van der Waals surface area (Å²) in [6.07, 6.45) is 5.07. The molecule has 5 heteroatoms. The summed E-state index contributed by atoms with van der Waals surface area (Å²) >= 11 is 0. The van der Waals surface area contributed by atoms with Gasteiger partial charge in [0.15, 0.2) is 0 Å². The highest BCUT2D eigenvalue weighted by molar-refractivity contribution is 5.61. The molecule has 1 aliphatic rings. The van der Waals surface area contributed by atoms with E-state index in [2.05, 4.69) is 28.7 Å². The molecule has 0 aliphatic carbocycles. The fraction of sp³-hybridized carbons (Fsp3) is 0.455. The largest absolute Gasteiger partial charge is 0.465 e. The van der Waals surface area contributed by atoms with Crippen molar-refractivity contribution in [1.82, 2.24) is 9.88 Å². The van der Waals surface area contributed by atoms with Crippen LogP contribution < -0.4 is 5.73 Å². The van der Waals surface area contributed by atoms with Gasteiger partial charge in [0, 0.05) is 18.4 Å². The Morgan fingerprint density at radius 1 is 1.69 bits per heavy atom. The number of aromatic nitrogens is 1. The summed E-state index contributed by atoms with van der Waals surface area (Å²) in [5.74, 6) is 0. The molecule has 16 heavy (non-hydrogen) atoms. The molecule has 0 saturated carbocycles. The molecule has 5 nitrogen and oxygen atoms in total. The van der Waals surface area contributed by atoms with E-state index in [0.29, 0.717) is 6.04 Å². The fourth-order valence-electron chi connectivity index (χ4n) is 1.90. The normalized spacial score (nSPS) is 19.9. The number of amides is 1. The fourth-order valence-corrected chi connectivity index (χ4v) is 1.90. The number of pyridine rings is 1. The van der Waals surface area contributed by atoms with Gasteiger partial charge in [-0.25, -0.2) is 4.79 Å². The van der Waals surface area contributed by atoms with Crippen molar-refractivity contribution in [2.75, 3.05) is 13.6 Å². The van der Waals surface area contributed by atoms with E-state index in [-0.39, 0.29) is 0 Å². The van der Waals surface area contributed by atoms with Crippen LogP contribution in [0.15, 0.2) is 24.5 Å². The van der Waals surface area contributed by atoms with Gasteiger partial charge in [0.2, 0.25) is 0 Å². The molecule has 1 saturated heterocycles. The van der Waals surface area contributed by atoms with E-state index >= 15 is 0 Å². The van der Waals surface area contributed by atoms with Gasteiger partial charge in [0.1, 0.15) is 0 Å². The minimum atomic E-state index is -1.33. The second-order valence-corrected chi connectivity index (χ2v) is 3.76. The summed E-state index contributed by atoms with van der Waals surface area (Å²) in [7, 11) is 2.19. The summed E-state index contributed by atoms with van der Waals surface area (Å²) in [5, 5.41) is 7.19. The highest BCUT2D eigenvalue weighted by Gasteiger charge is 2.21. The van der Waals surface area contributed by atoms with Gasteiger partial charge in [-0.1, -0.05) is 6.07 Å². The van der Waals surface area contributed by atoms with Crippen LogP contribution in [-0.2, 0) is 0 Å². The lowest BCUT2D eigenvalue weighted by Crippen LogP contribution is -2.17. The lowest BCUT2D eigenvalue weighted by atomic mass is 10.1. The Hall–Kier alpha value is -1.62. The second-order valence-electron chi connectivity index (χ2n) is 3.76. The minimum Gasteiger partial charge on any atom is -0.465 e. The lowest BCUT2D eigenvalue weighted by molar-refractivity contribution is 0.205. The number of likely N-dealkylation sites (tertiary alicyclic amines) is 1. The van der Waals surface area contributed by atoms with Crippen LogP contribution in [0.4, 0.5) is 4.79 Å². The average molecular weight is 223 g/mol. The number of carboxylic acid groups (broad SMARTS) is 1. The van der Waals surface area contributed by atoms with Gasteiger partial charge in [-0.15, -0.1) is 0 Å². The molecule has 88 valence electrons. The zero-order valence-electron chi connectivity index (χ0n) is 9.34. The third kappa shape index (κ3) is 3.86. The van der Waals surface area contributed by atoms with Crippen molar-refractivity contribution in [2.45, 2.75) is 18.9 Å². The Labute approximate surface area is 94.9 Å². The van der Waals surface area contributed by atoms with E-state index in [1.165, 1.54) is 24.9 Å². The van der Waals surface area contributed by atoms with Crippen molar-refractivity contribution < 1.29 is 9.90 Å². The van der Waals surface area contributed by atoms with Crippen molar-refractivity contribution >= 4 is 6.09 Å². The van der Waals surface area contributed by atoms with Crippen molar-refractivity contribution in [3.05, 3.63) is 30.1 Å². The third-order valence-corrected chi connectivity index (χ3v) is 2.59. The maximum absolute atomic E-state index is 8.78. The molecule has 0 bridgehead atoms. The molecule has 1 aromatic heterocycles. The molecule has 1 aromatic rings. The van der Waals surface area contributed by atoms with E-state index in [4.69, 9.17) is 9.90 Å². The number of primary amides is 1. The molecule has 0 unspecified atom stereocenters. The molecule has 0 aromatic carbocycles. The van der Waals surface area contributed by atoms with Gasteiger partial charge in [-0.2, -0.15) is 0 Å². The number of nitrogens with zero attached hydrogens (tertiary/aromatic N) is 2. The van der Waals surface area contributed by atoms with Crippen LogP contribution in [0, 0.1) is 0 Å². The molecule has 2 heterocycles. The topological polar surface area (TPSA) is 79.5 Å². The van der Waals surface area contributed by atoms with E-state index < -0.39 is 6.09 Å². The Morgan fingerprint density at radius 3 is 2.81 bits per heavy atom. The van der Waals surface area contributed by atoms with Gasteiger partial charge in [-0.3, -0.25) is 9.88 Å². The molecule has 1 fully saturated rings. The summed E-state index contributed by atoms with van der Waals surface area (Å²) < 4.78 is 0. The van der Waals surface area contributed by atoms with Crippen LogP contribution in [0.25, 0.3) is 0 Å². The average Bonchev–Trinajstić information content (AvgIpc) is 2.65. The first-order valence-corrected chi connectivity index (χ1v) is 5.20. The van der Waals surface area contributed by atoms with E-state index in [0.717, 1.165) is 0 Å². The predicted octanol–water partition coefficient (Wildman–Crippen LogP) is 1.47. The molecule has 3 N–H and O–H groups in total. The van der Waals surface area contributed by atoms with Crippen LogP contribution in [0.1, 0.15) is 24.4 Å². The first-order valence-electron chi connectivity index (χ1n) is 5.20. The Balaban J connectivity index is 0.000000280. The zero-order valence-corrected chi connectivity index (χ0v) is 9.34. The minimum absolute atomic E-state index is 0.610. The quantitative estimate of drug-likeness (QED) is 0.755. The van der Waals surface area contributed by atoms with E-state index in [1.54, 1.807) is 0 Å². The number of hydrogen-bond donors (Lipinski definition) is 2. The van der Waals surface area contributed by atoms with Crippen LogP contribution in [-0.4, -0.2) is 34.7 Å². The first kappa shape index (κ1) is 12.4. The van der Waals surface area contributed by atoms with Crippen LogP contribution in [0.3, 0.4) is 0 Å². The van der Waals surface area contributed by atoms with Crippen molar-refractivity contribution in [1.29, 1.82) is 0 Å². The van der Waals surface area contributed by atoms with Crippen LogP contribution in [0.5, 0.6) is 0 Å². The highest BCUT2D eigenvalue weighted by atomic mass is 16.4. The molecule has 0 radical (unpaired) electrons. The SMILES string of the molecule is CN1CCC[C@H]1c1cccnc1.NC(=O)O. The molecule has 1 atom stereocenters. The summed E-state index contributed by atoms with van der Waals surface area (Å²) in [4.78, 5) is 15.3. The number of rotatable bonds is 1. The molecular weight excluding hydrogens is 206 g/mol. The van der Waals surface area contributed by atoms with E-state index in [1.807, 2.05) is 18.5 Å². The highest BCUT2D eigenvalue weighted by Crippen LogP contribution is 2.29. The third-order valence-electron chi connectivity index (χ3n) is 2.59. The van der Waals surface area contributed by atoms with Gasteiger partial charge in [0.25, 0.3) is 0 Å². The van der Waals surface area contributed by atoms with Crippen molar-refractivity contribution in [3.63, 3.8) is 0 Å². The zero-order chi connectivity index (χ0) is 12.0. The van der Waals surface area contributed by atoms with Gasteiger partial charge in [-0.05, 0) is 38.1 Å². The summed E-state index contributed by atoms with van der Waals surface area (Å²) in [6.45, 7) is 1.22. The van der Waals surface area contributed by atoms with Crippen LogP contribution >= 0.6 is 0 Å². The Morgan fingerprint density at radius 2 is 2.38 bits per heavy atom. The Bertz CT molecular complexity index is 325. The first-order chi connectivity index (χ1) is 7.61. The van der Waals surface area contributed by atoms with Crippen molar-refractivity contribution in [2.24, 2.45) is 5.73 Å². The lowest BCUT2D eigenvalue weighted by Gasteiger charge is -2.18. The number of nitrogens with two attached hydrogens (primary N) is 1. The molecule has 1 amide bonds. The van der Waals surface area contributed by atoms with Gasteiger partial charge < -0.3 is 10.8 Å². The molecule has 0 spiro atoms. The smallest absolute Gasteiger partial charge is 0.402 e. The molecule has 1 aliphatic heterocycles. The number of hydrogen-bond acceptors (Lipinski definition) is 3. The monoisotopic (exact) mass is 223 g/mol. The van der Waals surface area contributed by atoms with E-state index in [9.17, 15) is 0 Å². The predicted molar refractivity (Wildman–Crippen MR) is 61.1 cm³/mol. The second kappa shape index (κ2) is 6.07. The Kier molecular flexibility index (Phi) is 4.72. The molecular formula is C11H17N3O2. The number of carbonyl (C=O) groups is 1. The summed E-state index contributed by atoms with van der Waals surface area (Å²) in [6, 6.07) is 4.79. The molecule has 2 rings (SSSR count). The summed E-state index contributed by atoms with van der Waals surface area (Å²) in [5.41, 5.74) is 5.39. The van der Waals surface area contributed by atoms with Crippen molar-refractivity contribution in [3.8, 4) is 0 Å². The maximum Gasteiger partial charge on any atom is 0.402 e. The van der Waals surface area contributed by atoms with Gasteiger partial charge >= 0.3 is 6.09 Å². The van der Waals surface area contributed by atoms with Gasteiger partial charge in [0.05, 0.1) is 0 Å². The standard InChI is InChI=1S/C10H14N2.CH3NO2/c1-12-7-3-5-10(12)9-4-2-6-11-8-9;2-1(3)4/h2,4,6,8,10H,3,5,7H2,1H3;2H2,(H,3,4)/t10-;/m0./s1. The maximum atomic E-state index is 8.78. The van der Waals surface area contributed by atoms with Crippen LogP contribution in [0.2, 0.25) is 0 Å².